The summed E-state index contributed by atoms with van der Waals surface area (Å²) in [6, 6.07) is 8.79. The molecule has 1 aromatic carbocycles. The number of nitrogens with zero attached hydrogens (tertiary/aromatic N) is 2. The number of hydrogen-bond donors (Lipinski definition) is 1. The van der Waals surface area contributed by atoms with Gasteiger partial charge < -0.3 is 10.0 Å². The van der Waals surface area contributed by atoms with E-state index in [9.17, 15) is 4.79 Å². The maximum Gasteiger partial charge on any atom is 0.407 e. The van der Waals surface area contributed by atoms with Crippen molar-refractivity contribution in [2.75, 3.05) is 26.7 Å². The molecule has 0 atom stereocenters. The molecule has 1 saturated heterocycles. The molecule has 1 aliphatic heterocycles. The highest BCUT2D eigenvalue weighted by molar-refractivity contribution is 5.66. The number of likely N-dealkylation sites (tertiary alicyclic amines) is 1. The van der Waals surface area contributed by atoms with Crippen LogP contribution in [0.25, 0.3) is 0 Å². The fraction of sp³-hybridized carbons (Fsp3) is 0.500. The summed E-state index contributed by atoms with van der Waals surface area (Å²) in [5, 5.41) is 8.78. The van der Waals surface area contributed by atoms with E-state index in [4.69, 9.17) is 5.11 Å². The normalized spacial score (nSPS) is 15.8. The third-order valence-corrected chi connectivity index (χ3v) is 3.75. The van der Waals surface area contributed by atoms with E-state index in [1.54, 1.807) is 0 Å². The number of benzene rings is 1. The Morgan fingerprint density at radius 3 is 2.72 bits per heavy atom. The van der Waals surface area contributed by atoms with Crippen LogP contribution in [0.4, 0.5) is 4.79 Å². The fourth-order valence-electron chi connectivity index (χ4n) is 2.26. The summed E-state index contributed by atoms with van der Waals surface area (Å²) in [5.74, 6) is 0. The largest absolute Gasteiger partial charge is 0.465 e. The van der Waals surface area contributed by atoms with E-state index in [1.165, 1.54) is 16.0 Å². The first kappa shape index (κ1) is 12.9. The molecular weight excluding hydrogens is 228 g/mol. The standard InChI is InChI=1S/C14H20N2O2/c1-11-5-3-4-6-12(11)7-8-15(2)13-9-16(10-13)14(17)18/h3-6,13H,7-10H2,1-2H3,(H,17,18). The van der Waals surface area contributed by atoms with Crippen molar-refractivity contribution in [3.63, 3.8) is 0 Å². The van der Waals surface area contributed by atoms with Crippen molar-refractivity contribution in [2.24, 2.45) is 0 Å². The van der Waals surface area contributed by atoms with Crippen LogP contribution in [0.1, 0.15) is 11.1 Å². The van der Waals surface area contributed by atoms with Crippen molar-refractivity contribution in [1.29, 1.82) is 0 Å². The van der Waals surface area contributed by atoms with Gasteiger partial charge in [0.05, 0.1) is 0 Å². The van der Waals surface area contributed by atoms with Gasteiger partial charge in [-0.05, 0) is 31.5 Å². The first-order valence-electron chi connectivity index (χ1n) is 6.30. The monoisotopic (exact) mass is 248 g/mol. The molecule has 1 fully saturated rings. The van der Waals surface area contributed by atoms with E-state index < -0.39 is 6.09 Å². The molecule has 4 heteroatoms. The molecule has 0 saturated carbocycles. The Morgan fingerprint density at radius 2 is 2.11 bits per heavy atom. The lowest BCUT2D eigenvalue weighted by atomic mass is 10.0. The average molecular weight is 248 g/mol. The van der Waals surface area contributed by atoms with Gasteiger partial charge >= 0.3 is 6.09 Å². The van der Waals surface area contributed by atoms with E-state index in [-0.39, 0.29) is 0 Å². The number of carboxylic acid groups (broad SMARTS) is 1. The topological polar surface area (TPSA) is 43.8 Å². The summed E-state index contributed by atoms with van der Waals surface area (Å²) < 4.78 is 0. The zero-order valence-corrected chi connectivity index (χ0v) is 11.0. The van der Waals surface area contributed by atoms with Crippen molar-refractivity contribution in [3.8, 4) is 0 Å². The second kappa shape index (κ2) is 5.40. The van der Waals surface area contributed by atoms with Crippen LogP contribution in [0.2, 0.25) is 0 Å². The van der Waals surface area contributed by atoms with E-state index in [0.29, 0.717) is 19.1 Å². The third kappa shape index (κ3) is 2.82. The third-order valence-electron chi connectivity index (χ3n) is 3.75. The van der Waals surface area contributed by atoms with Crippen molar-refractivity contribution >= 4 is 6.09 Å². The molecule has 2 rings (SSSR count). The molecule has 4 nitrogen and oxygen atoms in total. The van der Waals surface area contributed by atoms with Crippen LogP contribution in [0.15, 0.2) is 24.3 Å². The van der Waals surface area contributed by atoms with E-state index in [0.717, 1.165) is 13.0 Å². The first-order chi connectivity index (χ1) is 8.58. The van der Waals surface area contributed by atoms with Crippen LogP contribution in [0.5, 0.6) is 0 Å². The molecule has 0 aliphatic carbocycles. The molecule has 0 radical (unpaired) electrons. The molecular formula is C14H20N2O2. The lowest BCUT2D eigenvalue weighted by molar-refractivity contribution is 0.0495. The quantitative estimate of drug-likeness (QED) is 0.884. The van der Waals surface area contributed by atoms with Gasteiger partial charge in [-0.15, -0.1) is 0 Å². The minimum absolute atomic E-state index is 0.380. The first-order valence-corrected chi connectivity index (χ1v) is 6.30. The van der Waals surface area contributed by atoms with Gasteiger partial charge in [0, 0.05) is 25.7 Å². The van der Waals surface area contributed by atoms with Gasteiger partial charge in [0.1, 0.15) is 0 Å². The summed E-state index contributed by atoms with van der Waals surface area (Å²) in [6.45, 7) is 4.38. The van der Waals surface area contributed by atoms with E-state index in [1.807, 2.05) is 0 Å². The summed E-state index contributed by atoms with van der Waals surface area (Å²) in [7, 11) is 2.07. The van der Waals surface area contributed by atoms with Crippen LogP contribution in [0.3, 0.4) is 0 Å². The highest BCUT2D eigenvalue weighted by Crippen LogP contribution is 2.15. The van der Waals surface area contributed by atoms with Gasteiger partial charge in [-0.2, -0.15) is 0 Å². The Bertz CT molecular complexity index is 428. The summed E-state index contributed by atoms with van der Waals surface area (Å²) >= 11 is 0. The van der Waals surface area contributed by atoms with E-state index in [2.05, 4.69) is 43.1 Å². The SMILES string of the molecule is Cc1ccccc1CCN(C)C1CN(C(=O)O)C1. The number of likely N-dealkylation sites (N-methyl/N-ethyl adjacent to an activating group) is 1. The Morgan fingerprint density at radius 1 is 1.44 bits per heavy atom. The van der Waals surface area contributed by atoms with Gasteiger partial charge in [0.15, 0.2) is 0 Å². The Balaban J connectivity index is 1.78. The number of aryl methyl sites for hydroxylation is 1. The average Bonchev–Trinajstić information content (AvgIpc) is 2.25. The van der Waals surface area contributed by atoms with Crippen molar-refractivity contribution in [3.05, 3.63) is 35.4 Å². The minimum atomic E-state index is -0.807. The van der Waals surface area contributed by atoms with Gasteiger partial charge in [0.2, 0.25) is 0 Å². The van der Waals surface area contributed by atoms with Crippen molar-refractivity contribution in [2.45, 2.75) is 19.4 Å². The van der Waals surface area contributed by atoms with Crippen LogP contribution in [-0.4, -0.2) is 53.7 Å². The highest BCUT2D eigenvalue weighted by Gasteiger charge is 2.32. The number of carbonyl (C=O) groups is 1. The van der Waals surface area contributed by atoms with Crippen LogP contribution in [-0.2, 0) is 6.42 Å². The molecule has 1 aliphatic rings. The second-order valence-electron chi connectivity index (χ2n) is 5.00. The predicted molar refractivity (Wildman–Crippen MR) is 70.9 cm³/mol. The van der Waals surface area contributed by atoms with Crippen LogP contribution < -0.4 is 0 Å². The van der Waals surface area contributed by atoms with Crippen LogP contribution >= 0.6 is 0 Å². The summed E-state index contributed by atoms with van der Waals surface area (Å²) in [6.07, 6.45) is 0.214. The minimum Gasteiger partial charge on any atom is -0.465 e. The number of rotatable bonds is 4. The molecule has 0 unspecified atom stereocenters. The van der Waals surface area contributed by atoms with Crippen molar-refractivity contribution < 1.29 is 9.90 Å². The zero-order valence-electron chi connectivity index (χ0n) is 11.0. The summed E-state index contributed by atoms with van der Waals surface area (Å²) in [4.78, 5) is 14.4. The highest BCUT2D eigenvalue weighted by atomic mass is 16.4. The maximum absolute atomic E-state index is 10.7. The molecule has 1 heterocycles. The van der Waals surface area contributed by atoms with E-state index >= 15 is 0 Å². The maximum atomic E-state index is 10.7. The molecule has 0 spiro atoms. The van der Waals surface area contributed by atoms with Gasteiger partial charge in [-0.25, -0.2) is 4.79 Å². The Labute approximate surface area is 108 Å². The molecule has 98 valence electrons. The predicted octanol–water partition coefficient (Wildman–Crippen LogP) is 1.83. The molecule has 0 bridgehead atoms. The molecule has 18 heavy (non-hydrogen) atoms. The fourth-order valence-corrected chi connectivity index (χ4v) is 2.26. The molecule has 1 aromatic rings. The van der Waals surface area contributed by atoms with Crippen LogP contribution in [0, 0.1) is 6.92 Å². The molecule has 1 N–H and O–H groups in total. The Hall–Kier alpha value is -1.55. The summed E-state index contributed by atoms with van der Waals surface area (Å²) in [5.41, 5.74) is 2.70. The second-order valence-corrected chi connectivity index (χ2v) is 5.00. The number of amides is 1. The number of hydrogen-bond acceptors (Lipinski definition) is 2. The lowest BCUT2D eigenvalue weighted by Gasteiger charge is -2.42. The smallest absolute Gasteiger partial charge is 0.407 e. The molecule has 1 amide bonds. The zero-order chi connectivity index (χ0) is 13.1. The Kier molecular flexibility index (Phi) is 3.87. The van der Waals surface area contributed by atoms with Gasteiger partial charge in [0.25, 0.3) is 0 Å². The van der Waals surface area contributed by atoms with Crippen molar-refractivity contribution in [1.82, 2.24) is 9.80 Å². The molecule has 0 aromatic heterocycles. The van der Waals surface area contributed by atoms with Gasteiger partial charge in [-0.1, -0.05) is 24.3 Å². The van der Waals surface area contributed by atoms with Gasteiger partial charge in [-0.3, -0.25) is 4.90 Å². The lowest BCUT2D eigenvalue weighted by Crippen LogP contribution is -2.60.